The summed E-state index contributed by atoms with van der Waals surface area (Å²) >= 11 is 0. The molecule has 7 nitrogen and oxygen atoms in total. The summed E-state index contributed by atoms with van der Waals surface area (Å²) in [4.78, 5) is 42.3. The largest absolute Gasteiger partial charge is 0.444 e. The second-order valence-electron chi connectivity index (χ2n) is 11.0. The number of terminal acetylenes is 1. The van der Waals surface area contributed by atoms with Crippen LogP contribution in [0, 0.1) is 18.3 Å². The molecule has 1 aromatic carbocycles. The minimum atomic E-state index is -0.821. The van der Waals surface area contributed by atoms with Gasteiger partial charge in [-0.2, -0.15) is 0 Å². The van der Waals surface area contributed by atoms with E-state index in [4.69, 9.17) is 11.2 Å². The Balaban J connectivity index is 2.46. The highest BCUT2D eigenvalue weighted by Gasteiger charge is 2.43. The molecule has 0 radical (unpaired) electrons. The van der Waals surface area contributed by atoms with Crippen molar-refractivity contribution in [2.45, 2.75) is 110 Å². The lowest BCUT2D eigenvalue weighted by atomic mass is 9.86. The summed E-state index contributed by atoms with van der Waals surface area (Å²) in [5, 5.41) is 5.87. The predicted molar refractivity (Wildman–Crippen MR) is 147 cm³/mol. The van der Waals surface area contributed by atoms with E-state index >= 15 is 0 Å². The summed E-state index contributed by atoms with van der Waals surface area (Å²) in [5.41, 5.74) is 0.712. The molecule has 1 fully saturated rings. The van der Waals surface area contributed by atoms with E-state index in [0.717, 1.165) is 38.5 Å². The van der Waals surface area contributed by atoms with Gasteiger partial charge in [-0.25, -0.2) is 4.79 Å². The second kappa shape index (κ2) is 14.1. The topological polar surface area (TPSA) is 87.7 Å². The first-order valence-corrected chi connectivity index (χ1v) is 13.7. The zero-order valence-electron chi connectivity index (χ0n) is 23.4. The molecule has 3 atom stereocenters. The summed E-state index contributed by atoms with van der Waals surface area (Å²) in [7, 11) is 0. The Kier molecular flexibility index (Phi) is 11.5. The molecule has 1 saturated carbocycles. The van der Waals surface area contributed by atoms with Crippen molar-refractivity contribution in [1.82, 2.24) is 15.5 Å². The number of carbonyl (C=O) groups excluding carboxylic acids is 3. The summed E-state index contributed by atoms with van der Waals surface area (Å²) in [5.74, 6) is 1.97. The summed E-state index contributed by atoms with van der Waals surface area (Å²) in [6, 6.07) is 5.51. The quantitative estimate of drug-likeness (QED) is 0.293. The first-order chi connectivity index (χ1) is 17.5. The van der Waals surface area contributed by atoms with Crippen LogP contribution in [0.15, 0.2) is 24.3 Å². The van der Waals surface area contributed by atoms with E-state index in [9.17, 15) is 14.4 Å². The first-order valence-electron chi connectivity index (χ1n) is 13.7. The number of nitrogens with one attached hydrogen (secondary N) is 2. The monoisotopic (exact) mass is 511 g/mol. The maximum atomic E-state index is 14.2. The average molecular weight is 512 g/mol. The number of unbranched alkanes of at least 4 members (excludes halogenated alkanes) is 2. The molecule has 0 bridgehead atoms. The van der Waals surface area contributed by atoms with E-state index in [1.807, 2.05) is 26.0 Å². The van der Waals surface area contributed by atoms with Gasteiger partial charge >= 0.3 is 6.09 Å². The van der Waals surface area contributed by atoms with Gasteiger partial charge in [0, 0.05) is 18.2 Å². The Morgan fingerprint density at radius 3 is 2.27 bits per heavy atom. The van der Waals surface area contributed by atoms with Crippen LogP contribution in [0.1, 0.15) is 104 Å². The average Bonchev–Trinajstić information content (AvgIpc) is 2.82. The Labute approximate surface area is 223 Å². The fraction of sp³-hybridized carbons (Fsp3) is 0.633. The fourth-order valence-corrected chi connectivity index (χ4v) is 4.34. The van der Waals surface area contributed by atoms with Gasteiger partial charge in [-0.15, -0.1) is 6.42 Å². The summed E-state index contributed by atoms with van der Waals surface area (Å²) in [6.07, 6.45) is 11.1. The highest BCUT2D eigenvalue weighted by molar-refractivity contribution is 5.92. The molecule has 2 rings (SSSR count). The van der Waals surface area contributed by atoms with Crippen LogP contribution in [0.3, 0.4) is 0 Å². The molecule has 3 amide bonds. The van der Waals surface area contributed by atoms with Gasteiger partial charge in [0.05, 0.1) is 0 Å². The molecule has 3 unspecified atom stereocenters. The van der Waals surface area contributed by atoms with Crippen LogP contribution in [0.4, 0.5) is 4.79 Å². The molecule has 0 heterocycles. The molecule has 0 spiro atoms. The van der Waals surface area contributed by atoms with Crippen molar-refractivity contribution >= 4 is 17.9 Å². The zero-order valence-corrected chi connectivity index (χ0v) is 23.4. The standard InChI is InChI=1S/C30H45N3O4/c1-8-11-12-20-31-27(34)26(23-18-16-22(10-3)17-19-23)33(24-14-13-15-24)28(35)25(21(4)9-2)32-29(36)37-30(5,6)7/h3,16-19,21,24-26H,8-9,11-15,20H2,1-2,4-7H3,(H,31,34)(H,32,36). The van der Waals surface area contributed by atoms with Gasteiger partial charge in [0.25, 0.3) is 0 Å². The van der Waals surface area contributed by atoms with Gasteiger partial charge in [0.1, 0.15) is 17.7 Å². The molecule has 0 aromatic heterocycles. The Hall–Kier alpha value is -3.01. The lowest BCUT2D eigenvalue weighted by Crippen LogP contribution is -2.59. The number of benzene rings is 1. The fourth-order valence-electron chi connectivity index (χ4n) is 4.34. The van der Waals surface area contributed by atoms with E-state index in [-0.39, 0.29) is 23.8 Å². The third-order valence-electron chi connectivity index (χ3n) is 6.87. The van der Waals surface area contributed by atoms with Crippen molar-refractivity contribution in [2.75, 3.05) is 6.54 Å². The number of rotatable bonds is 12. The van der Waals surface area contributed by atoms with Gasteiger partial charge in [0.15, 0.2) is 0 Å². The third-order valence-corrected chi connectivity index (χ3v) is 6.87. The Morgan fingerprint density at radius 1 is 1.14 bits per heavy atom. The Bertz CT molecular complexity index is 941. The molecule has 204 valence electrons. The molecule has 0 saturated heterocycles. The van der Waals surface area contributed by atoms with Gasteiger partial charge in [-0.3, -0.25) is 9.59 Å². The van der Waals surface area contributed by atoms with Crippen LogP contribution >= 0.6 is 0 Å². The van der Waals surface area contributed by atoms with E-state index in [2.05, 4.69) is 23.5 Å². The Morgan fingerprint density at radius 2 is 1.78 bits per heavy atom. The molecule has 1 aromatic rings. The zero-order chi connectivity index (χ0) is 27.6. The van der Waals surface area contributed by atoms with Crippen molar-refractivity contribution in [3.63, 3.8) is 0 Å². The smallest absolute Gasteiger partial charge is 0.408 e. The molecule has 0 aliphatic heterocycles. The van der Waals surface area contributed by atoms with Crippen LogP contribution in [-0.4, -0.2) is 47.0 Å². The van der Waals surface area contributed by atoms with E-state index in [0.29, 0.717) is 24.1 Å². The predicted octanol–water partition coefficient (Wildman–Crippen LogP) is 5.34. The van der Waals surface area contributed by atoms with Crippen molar-refractivity contribution in [1.29, 1.82) is 0 Å². The van der Waals surface area contributed by atoms with Crippen LogP contribution in [0.5, 0.6) is 0 Å². The van der Waals surface area contributed by atoms with Gasteiger partial charge in [-0.1, -0.05) is 58.1 Å². The number of ether oxygens (including phenoxy) is 1. The molecule has 37 heavy (non-hydrogen) atoms. The number of carbonyl (C=O) groups is 3. The molecule has 7 heteroatoms. The molecule has 1 aliphatic rings. The van der Waals surface area contributed by atoms with E-state index in [1.54, 1.807) is 37.8 Å². The van der Waals surface area contributed by atoms with Crippen molar-refractivity contribution in [3.8, 4) is 12.3 Å². The number of alkyl carbamates (subject to hydrolysis) is 1. The maximum absolute atomic E-state index is 14.2. The third kappa shape index (κ3) is 8.80. The van der Waals surface area contributed by atoms with E-state index < -0.39 is 23.8 Å². The number of amides is 3. The lowest BCUT2D eigenvalue weighted by molar-refractivity contribution is -0.148. The second-order valence-corrected chi connectivity index (χ2v) is 11.0. The minimum Gasteiger partial charge on any atom is -0.444 e. The van der Waals surface area contributed by atoms with Crippen LogP contribution in [-0.2, 0) is 14.3 Å². The molecule has 1 aliphatic carbocycles. The maximum Gasteiger partial charge on any atom is 0.408 e. The molecular weight excluding hydrogens is 466 g/mol. The molecular formula is C30H45N3O4. The minimum absolute atomic E-state index is 0.0850. The highest BCUT2D eigenvalue weighted by Crippen LogP contribution is 2.34. The van der Waals surface area contributed by atoms with Crippen molar-refractivity contribution in [2.24, 2.45) is 5.92 Å². The highest BCUT2D eigenvalue weighted by atomic mass is 16.6. The van der Waals surface area contributed by atoms with Crippen molar-refractivity contribution in [3.05, 3.63) is 35.4 Å². The van der Waals surface area contributed by atoms with Crippen LogP contribution < -0.4 is 10.6 Å². The van der Waals surface area contributed by atoms with Crippen LogP contribution in [0.2, 0.25) is 0 Å². The van der Waals surface area contributed by atoms with Gasteiger partial charge < -0.3 is 20.3 Å². The van der Waals surface area contributed by atoms with E-state index in [1.165, 1.54) is 0 Å². The van der Waals surface area contributed by atoms with Gasteiger partial charge in [-0.05, 0) is 70.1 Å². The number of hydrogen-bond acceptors (Lipinski definition) is 4. The number of hydrogen-bond donors (Lipinski definition) is 2. The number of nitrogens with zero attached hydrogens (tertiary/aromatic N) is 1. The first kappa shape index (κ1) is 30.2. The van der Waals surface area contributed by atoms with Gasteiger partial charge in [0.2, 0.25) is 11.8 Å². The van der Waals surface area contributed by atoms with Crippen molar-refractivity contribution < 1.29 is 19.1 Å². The lowest BCUT2D eigenvalue weighted by Gasteiger charge is -2.44. The molecule has 2 N–H and O–H groups in total. The SMILES string of the molecule is C#Cc1ccc(C(C(=O)NCCCCC)N(C(=O)C(NC(=O)OC(C)(C)C)C(C)CC)C2CCC2)cc1. The van der Waals surface area contributed by atoms with Crippen LogP contribution in [0.25, 0.3) is 0 Å². The summed E-state index contributed by atoms with van der Waals surface area (Å²) < 4.78 is 5.47. The normalized spacial score (nSPS) is 15.9. The summed E-state index contributed by atoms with van der Waals surface area (Å²) in [6.45, 7) is 11.9.